The predicted octanol–water partition coefficient (Wildman–Crippen LogP) is 3.44. The van der Waals surface area contributed by atoms with Gasteiger partial charge in [0.05, 0.1) is 20.8 Å². The molecule has 1 aromatic carbocycles. The number of halogens is 1. The van der Waals surface area contributed by atoms with Crippen molar-refractivity contribution in [3.8, 4) is 5.75 Å². The van der Waals surface area contributed by atoms with Crippen LogP contribution < -0.4 is 15.4 Å². The third kappa shape index (κ3) is 7.06. The number of nitrogens with one attached hydrogen (secondary N) is 2. The van der Waals surface area contributed by atoms with E-state index in [4.69, 9.17) is 9.47 Å². The van der Waals surface area contributed by atoms with E-state index in [1.807, 2.05) is 24.8 Å². The molecule has 152 valence electrons. The minimum atomic E-state index is -0.413. The maximum atomic E-state index is 11.9. The molecule has 0 radical (unpaired) electrons. The third-order valence-electron chi connectivity index (χ3n) is 4.36. The number of nitrogens with zero attached hydrogens (tertiary/aromatic N) is 1. The van der Waals surface area contributed by atoms with Crippen LogP contribution >= 0.6 is 35.7 Å². The summed E-state index contributed by atoms with van der Waals surface area (Å²) in [5.74, 6) is 2.11. The van der Waals surface area contributed by atoms with Gasteiger partial charge in [0, 0.05) is 17.8 Å². The second kappa shape index (κ2) is 11.6. The Bertz CT molecular complexity index is 649. The molecule has 8 heteroatoms. The van der Waals surface area contributed by atoms with Gasteiger partial charge in [0.1, 0.15) is 11.3 Å². The molecule has 1 saturated heterocycles. The largest absolute Gasteiger partial charge is 0.496 e. The lowest BCUT2D eigenvalue weighted by Gasteiger charge is -2.24. The Morgan fingerprint density at radius 2 is 2.11 bits per heavy atom. The Morgan fingerprint density at radius 3 is 2.70 bits per heavy atom. The van der Waals surface area contributed by atoms with Gasteiger partial charge in [0.15, 0.2) is 5.96 Å². The second-order valence-electron chi connectivity index (χ2n) is 6.48. The SMILES string of the molecule is CCNC(=NCc1ccc(OC)c(C(=O)OC)c1)NCC1(C)CCCS1.I. The van der Waals surface area contributed by atoms with E-state index in [1.54, 1.807) is 12.1 Å². The Labute approximate surface area is 183 Å². The molecule has 0 aliphatic carbocycles. The molecule has 0 bridgehead atoms. The standard InChI is InChI=1S/C19H29N3O3S.HI/c1-5-20-18(22-13-19(2)9-6-10-26-19)21-12-14-7-8-16(24-3)15(11-14)17(23)25-4;/h7-8,11H,5-6,9-10,12-13H2,1-4H3,(H2,20,21,22);1H. The molecule has 1 aromatic rings. The van der Waals surface area contributed by atoms with Gasteiger partial charge < -0.3 is 20.1 Å². The summed E-state index contributed by atoms with van der Waals surface area (Å²) in [6.07, 6.45) is 2.50. The van der Waals surface area contributed by atoms with Gasteiger partial charge >= 0.3 is 5.97 Å². The van der Waals surface area contributed by atoms with E-state index >= 15 is 0 Å². The normalized spacial score (nSPS) is 19.2. The molecule has 2 rings (SSSR count). The highest BCUT2D eigenvalue weighted by atomic mass is 127. The van der Waals surface area contributed by atoms with Crippen molar-refractivity contribution in [3.63, 3.8) is 0 Å². The summed E-state index contributed by atoms with van der Waals surface area (Å²) in [4.78, 5) is 16.6. The molecular weight excluding hydrogens is 477 g/mol. The van der Waals surface area contributed by atoms with Gasteiger partial charge in [0.25, 0.3) is 0 Å². The highest BCUT2D eigenvalue weighted by Gasteiger charge is 2.29. The van der Waals surface area contributed by atoms with Crippen molar-refractivity contribution >= 4 is 47.7 Å². The first-order valence-electron chi connectivity index (χ1n) is 8.92. The minimum absolute atomic E-state index is 0. The van der Waals surface area contributed by atoms with Crippen LogP contribution in [0.5, 0.6) is 5.75 Å². The summed E-state index contributed by atoms with van der Waals surface area (Å²) in [5.41, 5.74) is 1.33. The van der Waals surface area contributed by atoms with Crippen molar-refractivity contribution in [2.24, 2.45) is 4.99 Å². The summed E-state index contributed by atoms with van der Waals surface area (Å²) >= 11 is 2.02. The number of hydrogen-bond donors (Lipinski definition) is 2. The molecule has 1 unspecified atom stereocenters. The Balaban J connectivity index is 0.00000364. The van der Waals surface area contributed by atoms with Gasteiger partial charge in [-0.2, -0.15) is 11.8 Å². The number of benzene rings is 1. The van der Waals surface area contributed by atoms with Crippen LogP contribution in [-0.2, 0) is 11.3 Å². The lowest BCUT2D eigenvalue weighted by Crippen LogP contribution is -2.43. The smallest absolute Gasteiger partial charge is 0.341 e. The molecule has 0 aromatic heterocycles. The quantitative estimate of drug-likeness (QED) is 0.255. The number of thioether (sulfide) groups is 1. The number of methoxy groups -OCH3 is 2. The van der Waals surface area contributed by atoms with Crippen LogP contribution in [0, 0.1) is 0 Å². The maximum Gasteiger partial charge on any atom is 0.341 e. The van der Waals surface area contributed by atoms with E-state index in [2.05, 4.69) is 22.5 Å². The fourth-order valence-corrected chi connectivity index (χ4v) is 4.13. The second-order valence-corrected chi connectivity index (χ2v) is 8.16. The van der Waals surface area contributed by atoms with Gasteiger partial charge in [-0.05, 0) is 50.1 Å². The summed E-state index contributed by atoms with van der Waals surface area (Å²) in [6.45, 7) is 6.50. The highest BCUT2D eigenvalue weighted by Crippen LogP contribution is 2.36. The molecule has 6 nitrogen and oxygen atoms in total. The number of ether oxygens (including phenoxy) is 2. The molecule has 0 spiro atoms. The average molecular weight is 507 g/mol. The highest BCUT2D eigenvalue weighted by molar-refractivity contribution is 14.0. The molecular formula is C19H30IN3O3S. The van der Waals surface area contributed by atoms with Gasteiger partial charge in [-0.15, -0.1) is 24.0 Å². The number of aliphatic imine (C=N–C) groups is 1. The lowest BCUT2D eigenvalue weighted by atomic mass is 10.1. The van der Waals surface area contributed by atoms with Crippen LogP contribution in [0.1, 0.15) is 42.6 Å². The van der Waals surface area contributed by atoms with Gasteiger partial charge in [-0.3, -0.25) is 0 Å². The Morgan fingerprint density at radius 1 is 1.33 bits per heavy atom. The first kappa shape index (κ1) is 23.9. The average Bonchev–Trinajstić information content (AvgIpc) is 3.10. The van der Waals surface area contributed by atoms with Crippen LogP contribution in [-0.4, -0.2) is 49.7 Å². The topological polar surface area (TPSA) is 72.0 Å². The van der Waals surface area contributed by atoms with E-state index in [0.717, 1.165) is 24.6 Å². The zero-order chi connectivity index (χ0) is 19.0. The first-order valence-corrected chi connectivity index (χ1v) is 9.91. The molecule has 1 fully saturated rings. The molecule has 1 atom stereocenters. The molecule has 0 saturated carbocycles. The van der Waals surface area contributed by atoms with Crippen LogP contribution in [0.2, 0.25) is 0 Å². The van der Waals surface area contributed by atoms with E-state index in [0.29, 0.717) is 17.9 Å². The summed E-state index contributed by atoms with van der Waals surface area (Å²) in [7, 11) is 2.90. The molecule has 1 aliphatic rings. The number of rotatable bonds is 7. The zero-order valence-electron chi connectivity index (χ0n) is 16.5. The predicted molar refractivity (Wildman–Crippen MR) is 123 cm³/mol. The molecule has 1 aliphatic heterocycles. The summed E-state index contributed by atoms with van der Waals surface area (Å²) < 4.78 is 10.3. The van der Waals surface area contributed by atoms with Crippen molar-refractivity contribution in [1.29, 1.82) is 0 Å². The van der Waals surface area contributed by atoms with Gasteiger partial charge in [0.2, 0.25) is 0 Å². The van der Waals surface area contributed by atoms with E-state index in [1.165, 1.54) is 32.8 Å². The number of carbonyl (C=O) groups is 1. The van der Waals surface area contributed by atoms with Crippen molar-refractivity contribution in [1.82, 2.24) is 10.6 Å². The summed E-state index contributed by atoms with van der Waals surface area (Å²) in [5, 5.41) is 6.72. The number of carbonyl (C=O) groups excluding carboxylic acids is 1. The fraction of sp³-hybridized carbons (Fsp3) is 0.579. The van der Waals surface area contributed by atoms with Crippen LogP contribution in [0.25, 0.3) is 0 Å². The third-order valence-corrected chi connectivity index (χ3v) is 5.90. The van der Waals surface area contributed by atoms with Crippen LogP contribution in [0.3, 0.4) is 0 Å². The maximum absolute atomic E-state index is 11.9. The molecule has 27 heavy (non-hydrogen) atoms. The minimum Gasteiger partial charge on any atom is -0.496 e. The zero-order valence-corrected chi connectivity index (χ0v) is 19.6. The summed E-state index contributed by atoms with van der Waals surface area (Å²) in [6, 6.07) is 5.45. The monoisotopic (exact) mass is 507 g/mol. The van der Waals surface area contributed by atoms with E-state index in [9.17, 15) is 4.79 Å². The van der Waals surface area contributed by atoms with Crippen molar-refractivity contribution in [2.75, 3.05) is 33.1 Å². The van der Waals surface area contributed by atoms with Crippen molar-refractivity contribution in [2.45, 2.75) is 38.0 Å². The molecule has 0 amide bonds. The molecule has 1 heterocycles. The Hall–Kier alpha value is -1.16. The first-order chi connectivity index (χ1) is 12.5. The number of hydrogen-bond acceptors (Lipinski definition) is 5. The van der Waals surface area contributed by atoms with Crippen molar-refractivity contribution < 1.29 is 14.3 Å². The lowest BCUT2D eigenvalue weighted by molar-refractivity contribution is 0.0597. The van der Waals surface area contributed by atoms with Crippen molar-refractivity contribution in [3.05, 3.63) is 29.3 Å². The van der Waals surface area contributed by atoms with E-state index in [-0.39, 0.29) is 28.7 Å². The van der Waals surface area contributed by atoms with Gasteiger partial charge in [-0.25, -0.2) is 9.79 Å². The van der Waals surface area contributed by atoms with Gasteiger partial charge in [-0.1, -0.05) is 6.07 Å². The number of esters is 1. The van der Waals surface area contributed by atoms with Crippen LogP contribution in [0.4, 0.5) is 0 Å². The van der Waals surface area contributed by atoms with E-state index < -0.39 is 5.97 Å². The Kier molecular flexibility index (Phi) is 10.3. The number of guanidine groups is 1. The fourth-order valence-electron chi connectivity index (χ4n) is 2.88. The molecule has 2 N–H and O–H groups in total. The van der Waals surface area contributed by atoms with Crippen LogP contribution in [0.15, 0.2) is 23.2 Å².